The maximum Gasteiger partial charge on any atom is 0.311 e. The monoisotopic (exact) mass is 485 g/mol. The third-order valence-corrected chi connectivity index (χ3v) is 6.52. The molecule has 0 aliphatic rings. The molecule has 1 heterocycles. The molecule has 3 atom stereocenters. The molecule has 0 bridgehead atoms. The fourth-order valence-electron chi connectivity index (χ4n) is 4.27. The molecule has 3 aromatic rings. The van der Waals surface area contributed by atoms with Crippen LogP contribution in [0.3, 0.4) is 0 Å². The van der Waals surface area contributed by atoms with E-state index in [0.29, 0.717) is 29.1 Å². The van der Waals surface area contributed by atoms with Gasteiger partial charge >= 0.3 is 5.97 Å². The molecule has 34 heavy (non-hydrogen) atoms. The summed E-state index contributed by atoms with van der Waals surface area (Å²) < 4.78 is 5.55. The van der Waals surface area contributed by atoms with Crippen LogP contribution in [-0.2, 0) is 10.2 Å². The van der Waals surface area contributed by atoms with Gasteiger partial charge in [-0.25, -0.2) is 0 Å². The minimum Gasteiger partial charge on any atom is -0.427 e. The van der Waals surface area contributed by atoms with Gasteiger partial charge in [0, 0.05) is 11.4 Å². The summed E-state index contributed by atoms with van der Waals surface area (Å²) in [6, 6.07) is 12.8. The van der Waals surface area contributed by atoms with Gasteiger partial charge in [-0.3, -0.25) is 4.79 Å². The number of aliphatic hydroxyl groups is 1. The molecule has 0 amide bonds. The van der Waals surface area contributed by atoms with Crippen LogP contribution in [-0.4, -0.2) is 32.2 Å². The fourth-order valence-corrected chi connectivity index (χ4v) is 4.44. The summed E-state index contributed by atoms with van der Waals surface area (Å²) in [5, 5.41) is 21.0. The zero-order valence-corrected chi connectivity index (χ0v) is 21.5. The predicted molar refractivity (Wildman–Crippen MR) is 136 cm³/mol. The number of hydrogen-bond acceptors (Lipinski definition) is 5. The summed E-state index contributed by atoms with van der Waals surface area (Å²) in [6.45, 7) is 10.5. The quantitative estimate of drug-likeness (QED) is 0.262. The molecule has 1 aromatic heterocycles. The molecule has 1 N–H and O–H groups in total. The van der Waals surface area contributed by atoms with Crippen molar-refractivity contribution in [2.45, 2.75) is 84.3 Å². The second kappa shape index (κ2) is 11.3. The average Bonchev–Trinajstić information content (AvgIpc) is 3.19. The fraction of sp³-hybridized carbons (Fsp3) is 0.519. The maximum absolute atomic E-state index is 12.5. The van der Waals surface area contributed by atoms with Gasteiger partial charge in [-0.2, -0.15) is 15.0 Å². The van der Waals surface area contributed by atoms with E-state index in [-0.39, 0.29) is 29.8 Å². The van der Waals surface area contributed by atoms with Crippen molar-refractivity contribution < 1.29 is 14.6 Å². The third kappa shape index (κ3) is 6.57. The molecule has 2 aromatic carbocycles. The van der Waals surface area contributed by atoms with Crippen LogP contribution in [0.25, 0.3) is 11.0 Å². The van der Waals surface area contributed by atoms with Crippen molar-refractivity contribution in [3.05, 3.63) is 53.1 Å². The Balaban J connectivity index is 1.65. The van der Waals surface area contributed by atoms with Gasteiger partial charge in [-0.05, 0) is 66.5 Å². The molecular weight excluding hydrogens is 450 g/mol. The van der Waals surface area contributed by atoms with Crippen molar-refractivity contribution in [1.82, 2.24) is 15.0 Å². The molecule has 3 unspecified atom stereocenters. The van der Waals surface area contributed by atoms with E-state index in [2.05, 4.69) is 37.9 Å². The van der Waals surface area contributed by atoms with Gasteiger partial charge < -0.3 is 9.84 Å². The lowest BCUT2D eigenvalue weighted by atomic mass is 9.87. The number of hydrogen-bond donors (Lipinski definition) is 1. The molecule has 0 radical (unpaired) electrons. The van der Waals surface area contributed by atoms with Crippen LogP contribution in [0.4, 0.5) is 0 Å². The van der Waals surface area contributed by atoms with E-state index in [1.165, 1.54) is 5.56 Å². The van der Waals surface area contributed by atoms with Crippen molar-refractivity contribution in [1.29, 1.82) is 0 Å². The number of esters is 1. The maximum atomic E-state index is 12.5. The van der Waals surface area contributed by atoms with Crippen LogP contribution in [0.5, 0.6) is 5.75 Å². The Bertz CT molecular complexity index is 1090. The van der Waals surface area contributed by atoms with Gasteiger partial charge in [0.2, 0.25) is 0 Å². The average molecular weight is 486 g/mol. The van der Waals surface area contributed by atoms with Crippen molar-refractivity contribution in [3.8, 4) is 5.75 Å². The number of halogens is 1. The van der Waals surface area contributed by atoms with Gasteiger partial charge in [-0.15, -0.1) is 0 Å². The van der Waals surface area contributed by atoms with Gasteiger partial charge in [0.15, 0.2) is 0 Å². The van der Waals surface area contributed by atoms with E-state index in [9.17, 15) is 9.90 Å². The van der Waals surface area contributed by atoms with E-state index in [4.69, 9.17) is 16.3 Å². The molecule has 0 saturated carbocycles. The zero-order chi connectivity index (χ0) is 24.9. The first kappa shape index (κ1) is 26.2. The summed E-state index contributed by atoms with van der Waals surface area (Å²) in [6.07, 6.45) is 2.48. The molecule has 184 valence electrons. The van der Waals surface area contributed by atoms with Crippen LogP contribution in [0, 0.1) is 5.92 Å². The SMILES string of the molecule is CCCC(CCC(=O)Oc1ccc(C(C)(C)C)cc1)C(O)C(CC)n1nc2ccc(Cl)cc2n1. The summed E-state index contributed by atoms with van der Waals surface area (Å²) >= 11 is 6.08. The number of nitrogens with zero attached hydrogens (tertiary/aromatic N) is 3. The smallest absolute Gasteiger partial charge is 0.311 e. The number of carbonyl (C=O) groups is 1. The van der Waals surface area contributed by atoms with Crippen molar-refractivity contribution in [3.63, 3.8) is 0 Å². The normalized spacial score (nSPS) is 14.7. The van der Waals surface area contributed by atoms with Crippen LogP contribution >= 0.6 is 11.6 Å². The van der Waals surface area contributed by atoms with Crippen LogP contribution < -0.4 is 4.74 Å². The summed E-state index contributed by atoms with van der Waals surface area (Å²) in [5.41, 5.74) is 2.67. The Morgan fingerprint density at radius 1 is 1.06 bits per heavy atom. The highest BCUT2D eigenvalue weighted by Crippen LogP contribution is 2.29. The highest BCUT2D eigenvalue weighted by atomic mass is 35.5. The first-order chi connectivity index (χ1) is 16.1. The summed E-state index contributed by atoms with van der Waals surface area (Å²) in [7, 11) is 0. The number of aromatic nitrogens is 3. The van der Waals surface area contributed by atoms with Gasteiger partial charge in [0.25, 0.3) is 0 Å². The molecular formula is C27H36ClN3O3. The lowest BCUT2D eigenvalue weighted by molar-refractivity contribution is -0.135. The number of fused-ring (bicyclic) bond motifs is 1. The Morgan fingerprint density at radius 3 is 2.35 bits per heavy atom. The van der Waals surface area contributed by atoms with E-state index in [1.807, 2.05) is 37.3 Å². The van der Waals surface area contributed by atoms with Crippen LogP contribution in [0.2, 0.25) is 5.02 Å². The Labute approximate surface area is 207 Å². The highest BCUT2D eigenvalue weighted by Gasteiger charge is 2.30. The van der Waals surface area contributed by atoms with E-state index >= 15 is 0 Å². The molecule has 0 fully saturated rings. The molecule has 6 nitrogen and oxygen atoms in total. The Kier molecular flexibility index (Phi) is 8.72. The van der Waals surface area contributed by atoms with Gasteiger partial charge in [0.1, 0.15) is 16.8 Å². The number of carbonyl (C=O) groups excluding carboxylic acids is 1. The van der Waals surface area contributed by atoms with Gasteiger partial charge in [0.05, 0.1) is 12.1 Å². The lowest BCUT2D eigenvalue weighted by Gasteiger charge is -2.28. The van der Waals surface area contributed by atoms with Crippen molar-refractivity contribution in [2.75, 3.05) is 0 Å². The van der Waals surface area contributed by atoms with Crippen molar-refractivity contribution >= 4 is 28.6 Å². The molecule has 0 aliphatic heterocycles. The van der Waals surface area contributed by atoms with E-state index < -0.39 is 6.10 Å². The molecule has 7 heteroatoms. The first-order valence-corrected chi connectivity index (χ1v) is 12.5. The Morgan fingerprint density at radius 2 is 1.74 bits per heavy atom. The molecule has 0 aliphatic carbocycles. The largest absolute Gasteiger partial charge is 0.427 e. The van der Waals surface area contributed by atoms with Crippen molar-refractivity contribution in [2.24, 2.45) is 5.92 Å². The second-order valence-electron chi connectivity index (χ2n) is 9.96. The number of ether oxygens (including phenoxy) is 1. The second-order valence-corrected chi connectivity index (χ2v) is 10.4. The highest BCUT2D eigenvalue weighted by molar-refractivity contribution is 6.31. The topological polar surface area (TPSA) is 77.2 Å². The first-order valence-electron chi connectivity index (χ1n) is 12.1. The minimum absolute atomic E-state index is 0.0451. The molecule has 3 rings (SSSR count). The third-order valence-electron chi connectivity index (χ3n) is 6.28. The molecule has 0 spiro atoms. The van der Waals surface area contributed by atoms with E-state index in [1.54, 1.807) is 16.9 Å². The molecule has 0 saturated heterocycles. The summed E-state index contributed by atoms with van der Waals surface area (Å²) in [5.74, 6) is 0.189. The number of aliphatic hydroxyl groups excluding tert-OH is 1. The predicted octanol–water partition coefficient (Wildman–Crippen LogP) is 6.50. The Hall–Kier alpha value is -2.44. The number of rotatable bonds is 10. The van der Waals surface area contributed by atoms with Crippen LogP contribution in [0.1, 0.15) is 78.3 Å². The zero-order valence-electron chi connectivity index (χ0n) is 20.8. The van der Waals surface area contributed by atoms with Crippen LogP contribution in [0.15, 0.2) is 42.5 Å². The van der Waals surface area contributed by atoms with Gasteiger partial charge in [-0.1, -0.05) is 64.8 Å². The lowest BCUT2D eigenvalue weighted by Crippen LogP contribution is -2.33. The summed E-state index contributed by atoms with van der Waals surface area (Å²) in [4.78, 5) is 14.1. The standard InChI is InChI=1S/C27H36ClN3O3/c1-6-8-18(9-16-25(32)34-21-13-10-19(11-14-21)27(3,4)5)26(33)24(7-2)31-29-22-15-12-20(28)17-23(22)30-31/h10-15,17-18,24,26,33H,6-9,16H2,1-5H3. The minimum atomic E-state index is -0.680. The van der Waals surface area contributed by atoms with E-state index in [0.717, 1.165) is 18.4 Å². The number of benzene rings is 2.